The zero-order valence-corrected chi connectivity index (χ0v) is 11.1. The summed E-state index contributed by atoms with van der Waals surface area (Å²) in [6, 6.07) is 6.04. The lowest BCUT2D eigenvalue weighted by molar-refractivity contribution is -0.151. The first kappa shape index (κ1) is 13.3. The van der Waals surface area contributed by atoms with E-state index >= 15 is 0 Å². The van der Waals surface area contributed by atoms with Gasteiger partial charge in [-0.25, -0.2) is 0 Å². The highest BCUT2D eigenvalue weighted by Crippen LogP contribution is 2.17. The molecule has 0 aliphatic carbocycles. The van der Waals surface area contributed by atoms with Gasteiger partial charge in [-0.05, 0) is 31.1 Å². The lowest BCUT2D eigenvalue weighted by atomic mass is 10.00. The van der Waals surface area contributed by atoms with Crippen LogP contribution in [0.4, 0.5) is 0 Å². The number of carboxylic acid groups (broad SMARTS) is 1. The molecule has 0 bridgehead atoms. The quantitative estimate of drug-likeness (QED) is 0.843. The van der Waals surface area contributed by atoms with Crippen LogP contribution in [0.2, 0.25) is 0 Å². The minimum absolute atomic E-state index is 0.127. The second kappa shape index (κ2) is 5.26. The molecular formula is C15H17NO3. The summed E-state index contributed by atoms with van der Waals surface area (Å²) in [6.45, 7) is 4.65. The monoisotopic (exact) mass is 259 g/mol. The highest BCUT2D eigenvalue weighted by atomic mass is 16.4. The largest absolute Gasteiger partial charge is 0.481 e. The summed E-state index contributed by atoms with van der Waals surface area (Å²) in [7, 11) is 0. The van der Waals surface area contributed by atoms with Crippen LogP contribution in [0.5, 0.6) is 0 Å². The molecule has 0 spiro atoms. The predicted octanol–water partition coefficient (Wildman–Crippen LogP) is 1.86. The Kier molecular flexibility index (Phi) is 3.69. The number of rotatable bonds is 3. The number of carbonyl (C=O) groups excluding carboxylic acids is 1. The Morgan fingerprint density at radius 1 is 1.32 bits per heavy atom. The van der Waals surface area contributed by atoms with Crippen LogP contribution in [0.15, 0.2) is 24.3 Å². The molecule has 1 aliphatic rings. The molecule has 1 saturated heterocycles. The molecule has 1 fully saturated rings. The van der Waals surface area contributed by atoms with Gasteiger partial charge in [0.15, 0.2) is 0 Å². The van der Waals surface area contributed by atoms with E-state index in [1.54, 1.807) is 11.0 Å². The Morgan fingerprint density at radius 2 is 2.00 bits per heavy atom. The van der Waals surface area contributed by atoms with Gasteiger partial charge in [-0.2, -0.15) is 0 Å². The van der Waals surface area contributed by atoms with Gasteiger partial charge in [0.25, 0.3) is 0 Å². The average Bonchev–Trinajstić information content (AvgIpc) is 2.25. The molecule has 0 radical (unpaired) electrons. The lowest BCUT2D eigenvalue weighted by Crippen LogP contribution is -2.52. The SMILES string of the molecule is Cc1ccc(C=CC(=O)N2CC(C(=O)O)C2)c(C)c1. The smallest absolute Gasteiger partial charge is 0.310 e. The van der Waals surface area contributed by atoms with E-state index < -0.39 is 11.9 Å². The predicted molar refractivity (Wildman–Crippen MR) is 72.7 cm³/mol. The molecular weight excluding hydrogens is 242 g/mol. The fourth-order valence-electron chi connectivity index (χ4n) is 2.09. The topological polar surface area (TPSA) is 57.6 Å². The van der Waals surface area contributed by atoms with Crippen molar-refractivity contribution in [2.45, 2.75) is 13.8 Å². The van der Waals surface area contributed by atoms with Gasteiger partial charge in [-0.3, -0.25) is 9.59 Å². The van der Waals surface area contributed by atoms with E-state index in [0.29, 0.717) is 13.1 Å². The number of nitrogens with zero attached hydrogens (tertiary/aromatic N) is 1. The van der Waals surface area contributed by atoms with Crippen LogP contribution in [0, 0.1) is 19.8 Å². The number of likely N-dealkylation sites (tertiary alicyclic amines) is 1. The maximum atomic E-state index is 11.8. The number of amides is 1. The van der Waals surface area contributed by atoms with Crippen molar-refractivity contribution in [2.24, 2.45) is 5.92 Å². The molecule has 0 unspecified atom stereocenters. The Bertz CT molecular complexity index is 542. The highest BCUT2D eigenvalue weighted by Gasteiger charge is 2.34. The summed E-state index contributed by atoms with van der Waals surface area (Å²) in [5.41, 5.74) is 3.32. The maximum Gasteiger partial charge on any atom is 0.310 e. The summed E-state index contributed by atoms with van der Waals surface area (Å²) >= 11 is 0. The minimum Gasteiger partial charge on any atom is -0.481 e. The molecule has 1 aliphatic heterocycles. The fraction of sp³-hybridized carbons (Fsp3) is 0.333. The van der Waals surface area contributed by atoms with Gasteiger partial charge in [0.2, 0.25) is 5.91 Å². The minimum atomic E-state index is -0.831. The molecule has 1 heterocycles. The van der Waals surface area contributed by atoms with Crippen LogP contribution < -0.4 is 0 Å². The maximum absolute atomic E-state index is 11.8. The Balaban J connectivity index is 1.96. The number of aryl methyl sites for hydroxylation is 2. The fourth-order valence-corrected chi connectivity index (χ4v) is 2.09. The number of carboxylic acids is 1. The van der Waals surface area contributed by atoms with E-state index in [2.05, 4.69) is 6.07 Å². The van der Waals surface area contributed by atoms with Gasteiger partial charge >= 0.3 is 5.97 Å². The zero-order chi connectivity index (χ0) is 14.0. The van der Waals surface area contributed by atoms with Crippen molar-refractivity contribution in [3.05, 3.63) is 41.0 Å². The van der Waals surface area contributed by atoms with E-state index in [-0.39, 0.29) is 5.91 Å². The number of aliphatic carboxylic acids is 1. The van der Waals surface area contributed by atoms with E-state index in [4.69, 9.17) is 5.11 Å². The van der Waals surface area contributed by atoms with Gasteiger partial charge < -0.3 is 10.0 Å². The van der Waals surface area contributed by atoms with Gasteiger partial charge in [0.05, 0.1) is 5.92 Å². The lowest BCUT2D eigenvalue weighted by Gasteiger charge is -2.35. The van der Waals surface area contributed by atoms with Crippen LogP contribution in [-0.2, 0) is 9.59 Å². The number of benzene rings is 1. The molecule has 2 rings (SSSR count). The second-order valence-corrected chi connectivity index (χ2v) is 4.97. The first-order valence-corrected chi connectivity index (χ1v) is 6.24. The molecule has 0 saturated carbocycles. The molecule has 0 atom stereocenters. The van der Waals surface area contributed by atoms with Gasteiger partial charge in [-0.15, -0.1) is 0 Å². The molecule has 4 nitrogen and oxygen atoms in total. The van der Waals surface area contributed by atoms with E-state index in [0.717, 1.165) is 11.1 Å². The Hall–Kier alpha value is -2.10. The van der Waals surface area contributed by atoms with E-state index in [1.165, 1.54) is 11.6 Å². The molecule has 1 aromatic carbocycles. The van der Waals surface area contributed by atoms with Crippen LogP contribution in [-0.4, -0.2) is 35.0 Å². The van der Waals surface area contributed by atoms with E-state index in [1.807, 2.05) is 26.0 Å². The van der Waals surface area contributed by atoms with Crippen molar-refractivity contribution in [1.29, 1.82) is 0 Å². The number of hydrogen-bond acceptors (Lipinski definition) is 2. The van der Waals surface area contributed by atoms with Crippen LogP contribution >= 0.6 is 0 Å². The summed E-state index contributed by atoms with van der Waals surface area (Å²) in [5.74, 6) is -1.36. The van der Waals surface area contributed by atoms with Gasteiger partial charge in [-0.1, -0.05) is 23.8 Å². The van der Waals surface area contributed by atoms with Crippen LogP contribution in [0.25, 0.3) is 6.08 Å². The van der Waals surface area contributed by atoms with Crippen molar-refractivity contribution in [3.63, 3.8) is 0 Å². The van der Waals surface area contributed by atoms with E-state index in [9.17, 15) is 9.59 Å². The summed E-state index contributed by atoms with van der Waals surface area (Å²) in [4.78, 5) is 24.0. The number of carbonyl (C=O) groups is 2. The van der Waals surface area contributed by atoms with Crippen molar-refractivity contribution in [3.8, 4) is 0 Å². The average molecular weight is 259 g/mol. The van der Waals surface area contributed by atoms with Crippen molar-refractivity contribution in [2.75, 3.05) is 13.1 Å². The van der Waals surface area contributed by atoms with Gasteiger partial charge in [0, 0.05) is 19.2 Å². The normalized spacial score (nSPS) is 15.6. The third kappa shape index (κ3) is 3.02. The summed E-state index contributed by atoms with van der Waals surface area (Å²) < 4.78 is 0. The first-order valence-electron chi connectivity index (χ1n) is 6.24. The summed E-state index contributed by atoms with van der Waals surface area (Å²) in [6.07, 6.45) is 3.29. The highest BCUT2D eigenvalue weighted by molar-refractivity contribution is 5.93. The van der Waals surface area contributed by atoms with Gasteiger partial charge in [0.1, 0.15) is 0 Å². The standard InChI is InChI=1S/C15H17NO3/c1-10-3-4-12(11(2)7-10)5-6-14(17)16-8-13(9-16)15(18)19/h3-7,13H,8-9H2,1-2H3,(H,18,19). The molecule has 100 valence electrons. The first-order chi connectivity index (χ1) is 8.97. The van der Waals surface area contributed by atoms with Crippen LogP contribution in [0.3, 0.4) is 0 Å². The third-order valence-corrected chi connectivity index (χ3v) is 3.37. The molecule has 1 aromatic rings. The molecule has 1 amide bonds. The Labute approximate surface area is 112 Å². The summed E-state index contributed by atoms with van der Waals surface area (Å²) in [5, 5.41) is 8.75. The zero-order valence-electron chi connectivity index (χ0n) is 11.1. The van der Waals surface area contributed by atoms with Crippen molar-refractivity contribution in [1.82, 2.24) is 4.90 Å². The molecule has 1 N–H and O–H groups in total. The molecule has 4 heteroatoms. The second-order valence-electron chi connectivity index (χ2n) is 4.97. The Morgan fingerprint density at radius 3 is 2.58 bits per heavy atom. The molecule has 0 aromatic heterocycles. The van der Waals surface area contributed by atoms with Crippen molar-refractivity contribution >= 4 is 18.0 Å². The number of hydrogen-bond donors (Lipinski definition) is 1. The molecule has 19 heavy (non-hydrogen) atoms. The third-order valence-electron chi connectivity index (χ3n) is 3.37. The van der Waals surface area contributed by atoms with Crippen LogP contribution in [0.1, 0.15) is 16.7 Å². The van der Waals surface area contributed by atoms with Crippen molar-refractivity contribution < 1.29 is 14.7 Å².